The van der Waals surface area contributed by atoms with Gasteiger partial charge in [0.2, 0.25) is 0 Å². The van der Waals surface area contributed by atoms with Crippen LogP contribution in [0.1, 0.15) is 24.3 Å². The van der Waals surface area contributed by atoms with E-state index in [0.29, 0.717) is 10.7 Å². The highest BCUT2D eigenvalue weighted by molar-refractivity contribution is 7.98. The third-order valence-corrected chi connectivity index (χ3v) is 4.11. The third kappa shape index (κ3) is 2.95. The lowest BCUT2D eigenvalue weighted by atomic mass is 9.76. The lowest BCUT2D eigenvalue weighted by Crippen LogP contribution is -2.39. The van der Waals surface area contributed by atoms with E-state index in [1.165, 1.54) is 43.1 Å². The first-order valence-corrected chi connectivity index (χ1v) is 7.66. The van der Waals surface area contributed by atoms with Crippen molar-refractivity contribution in [2.45, 2.75) is 23.6 Å². The van der Waals surface area contributed by atoms with Crippen LogP contribution in [0, 0.1) is 5.82 Å². The molecule has 1 aromatic carbocycles. The maximum Gasteiger partial charge on any atom is 0.316 e. The van der Waals surface area contributed by atoms with E-state index >= 15 is 0 Å². The minimum atomic E-state index is -1.66. The summed E-state index contributed by atoms with van der Waals surface area (Å²) in [4.78, 5) is 19.9. The Balaban J connectivity index is 2.50. The minimum absolute atomic E-state index is 0.202. The zero-order valence-electron chi connectivity index (χ0n) is 12.0. The summed E-state index contributed by atoms with van der Waals surface area (Å²) >= 11 is 1.29. The fourth-order valence-electron chi connectivity index (χ4n) is 2.09. The molecule has 0 radical (unpaired) electrons. The molecule has 2 N–H and O–H groups in total. The number of nitrogens with zero attached hydrogens (tertiary/aromatic N) is 2. The van der Waals surface area contributed by atoms with Crippen molar-refractivity contribution in [3.8, 4) is 0 Å². The Bertz CT molecular complexity index is 681. The summed E-state index contributed by atoms with van der Waals surface area (Å²) in [7, 11) is 0. The van der Waals surface area contributed by atoms with Crippen LogP contribution in [0.5, 0.6) is 0 Å². The van der Waals surface area contributed by atoms with Gasteiger partial charge in [-0.15, -0.1) is 0 Å². The van der Waals surface area contributed by atoms with Crippen molar-refractivity contribution in [2.24, 2.45) is 0 Å². The van der Waals surface area contributed by atoms with Crippen LogP contribution in [0.15, 0.2) is 41.7 Å². The molecule has 0 aliphatic rings. The summed E-state index contributed by atoms with van der Waals surface area (Å²) in [5.74, 6) is -1.70. The van der Waals surface area contributed by atoms with E-state index in [-0.39, 0.29) is 5.69 Å². The summed E-state index contributed by atoms with van der Waals surface area (Å²) in [6.07, 6.45) is 1.84. The summed E-state index contributed by atoms with van der Waals surface area (Å²) in [6, 6.07) is 6.49. The number of aliphatic hydroxyl groups excluding tert-OH is 1. The van der Waals surface area contributed by atoms with Crippen molar-refractivity contribution < 1.29 is 19.4 Å². The monoisotopic (exact) mass is 322 g/mol. The minimum Gasteiger partial charge on any atom is -0.480 e. The smallest absolute Gasteiger partial charge is 0.316 e. The first-order valence-electron chi connectivity index (χ1n) is 6.44. The molecule has 0 aliphatic heterocycles. The van der Waals surface area contributed by atoms with Crippen molar-refractivity contribution in [3.05, 3.63) is 53.6 Å². The van der Waals surface area contributed by atoms with E-state index in [1.54, 1.807) is 6.26 Å². The van der Waals surface area contributed by atoms with Crippen LogP contribution in [-0.4, -0.2) is 32.4 Å². The van der Waals surface area contributed by atoms with Gasteiger partial charge in [-0.2, -0.15) is 0 Å². The van der Waals surface area contributed by atoms with E-state index in [2.05, 4.69) is 9.97 Å². The molecular formula is C15H15FN2O3S. The van der Waals surface area contributed by atoms with Crippen molar-refractivity contribution in [1.29, 1.82) is 0 Å². The maximum absolute atomic E-state index is 13.1. The van der Waals surface area contributed by atoms with Gasteiger partial charge in [0.05, 0.1) is 5.69 Å². The van der Waals surface area contributed by atoms with Gasteiger partial charge in [-0.1, -0.05) is 23.9 Å². The largest absolute Gasteiger partial charge is 0.480 e. The number of carbonyl (C=O) groups is 1. The van der Waals surface area contributed by atoms with E-state index in [4.69, 9.17) is 0 Å². The molecule has 0 bridgehead atoms. The Hall–Kier alpha value is -1.99. The zero-order chi connectivity index (χ0) is 16.3. The van der Waals surface area contributed by atoms with Crippen molar-refractivity contribution in [2.75, 3.05) is 6.26 Å². The summed E-state index contributed by atoms with van der Waals surface area (Å²) < 4.78 is 13.1. The van der Waals surface area contributed by atoms with Gasteiger partial charge in [0.1, 0.15) is 17.3 Å². The number of aliphatic hydroxyl groups is 1. The van der Waals surface area contributed by atoms with Crippen molar-refractivity contribution >= 4 is 17.7 Å². The summed E-state index contributed by atoms with van der Waals surface area (Å²) in [5, 5.41) is 20.6. The van der Waals surface area contributed by atoms with Crippen LogP contribution in [0.25, 0.3) is 0 Å². The first kappa shape index (κ1) is 16.4. The summed E-state index contributed by atoms with van der Waals surface area (Å²) in [5.41, 5.74) is -1.16. The molecule has 1 heterocycles. The molecule has 2 unspecified atom stereocenters. The molecule has 7 heteroatoms. The second-order valence-corrected chi connectivity index (χ2v) is 5.66. The normalized spacial score (nSPS) is 15.1. The number of halogens is 1. The van der Waals surface area contributed by atoms with Gasteiger partial charge in [0.15, 0.2) is 5.16 Å². The predicted octanol–water partition coefficient (Wildman–Crippen LogP) is 2.41. The third-order valence-electron chi connectivity index (χ3n) is 3.55. The maximum atomic E-state index is 13.1. The molecule has 1 aromatic heterocycles. The molecule has 5 nitrogen and oxygen atoms in total. The Morgan fingerprint density at radius 3 is 2.50 bits per heavy atom. The van der Waals surface area contributed by atoms with Gasteiger partial charge in [-0.3, -0.25) is 4.79 Å². The Labute approximate surface area is 131 Å². The predicted molar refractivity (Wildman–Crippen MR) is 80.2 cm³/mol. The van der Waals surface area contributed by atoms with Crippen molar-refractivity contribution in [3.63, 3.8) is 0 Å². The lowest BCUT2D eigenvalue weighted by molar-refractivity contribution is -0.148. The van der Waals surface area contributed by atoms with Gasteiger partial charge in [-0.25, -0.2) is 14.4 Å². The topological polar surface area (TPSA) is 83.3 Å². The molecule has 2 atom stereocenters. The lowest BCUT2D eigenvalue weighted by Gasteiger charge is -2.30. The number of aromatic nitrogens is 2. The number of thioether (sulfide) groups is 1. The van der Waals surface area contributed by atoms with Crippen LogP contribution in [0.2, 0.25) is 0 Å². The van der Waals surface area contributed by atoms with E-state index < -0.39 is 23.3 Å². The van der Waals surface area contributed by atoms with E-state index in [9.17, 15) is 19.4 Å². The quantitative estimate of drug-likeness (QED) is 0.650. The summed E-state index contributed by atoms with van der Waals surface area (Å²) in [6.45, 7) is 1.38. The highest BCUT2D eigenvalue weighted by Crippen LogP contribution is 2.37. The molecule has 0 fully saturated rings. The average molecular weight is 322 g/mol. The van der Waals surface area contributed by atoms with Crippen LogP contribution in [0.4, 0.5) is 4.39 Å². The fraction of sp³-hybridized carbons (Fsp3) is 0.267. The van der Waals surface area contributed by atoms with Crippen molar-refractivity contribution in [1.82, 2.24) is 9.97 Å². The molecule has 0 saturated carbocycles. The zero-order valence-corrected chi connectivity index (χ0v) is 12.8. The van der Waals surface area contributed by atoms with Gasteiger partial charge in [0, 0.05) is 6.20 Å². The second kappa shape index (κ2) is 6.41. The number of aliphatic carboxylic acids is 1. The number of hydrogen-bond donors (Lipinski definition) is 2. The van der Waals surface area contributed by atoms with E-state index in [0.717, 1.165) is 12.1 Å². The molecule has 116 valence electrons. The number of hydrogen-bond acceptors (Lipinski definition) is 5. The number of carboxylic acids is 1. The molecule has 0 aliphatic carbocycles. The molecule has 2 rings (SSSR count). The second-order valence-electron chi connectivity index (χ2n) is 4.89. The standard InChI is InChI=1S/C15H15FN2O3S/c1-15(13(20)21,9-3-5-10(16)6-4-9)12(19)11-7-8-17-14(18-11)22-2/h3-8,12,19H,1-2H3,(H,20,21). The van der Waals surface area contributed by atoms with Crippen LogP contribution < -0.4 is 0 Å². The van der Waals surface area contributed by atoms with Crippen LogP contribution >= 0.6 is 11.8 Å². The molecule has 22 heavy (non-hydrogen) atoms. The SMILES string of the molecule is CSc1nccc(C(O)C(C)(C(=O)O)c2ccc(F)cc2)n1. The Morgan fingerprint density at radius 2 is 1.95 bits per heavy atom. The Morgan fingerprint density at radius 1 is 1.32 bits per heavy atom. The molecule has 0 amide bonds. The number of rotatable bonds is 5. The van der Waals surface area contributed by atoms with E-state index in [1.807, 2.05) is 0 Å². The highest BCUT2D eigenvalue weighted by Gasteiger charge is 2.44. The molecule has 2 aromatic rings. The van der Waals surface area contributed by atoms with Gasteiger partial charge in [0.25, 0.3) is 0 Å². The van der Waals surface area contributed by atoms with Gasteiger partial charge in [-0.05, 0) is 36.9 Å². The van der Waals surface area contributed by atoms with Crippen LogP contribution in [0.3, 0.4) is 0 Å². The molecule has 0 spiro atoms. The average Bonchev–Trinajstić information content (AvgIpc) is 2.54. The molecule has 0 saturated heterocycles. The molecular weight excluding hydrogens is 307 g/mol. The number of benzene rings is 1. The fourth-order valence-corrected chi connectivity index (χ4v) is 2.46. The number of carboxylic acid groups (broad SMARTS) is 1. The van der Waals surface area contributed by atoms with Gasteiger partial charge < -0.3 is 10.2 Å². The van der Waals surface area contributed by atoms with Gasteiger partial charge >= 0.3 is 5.97 Å². The Kier molecular flexibility index (Phi) is 4.77. The highest BCUT2D eigenvalue weighted by atomic mass is 32.2. The first-order chi connectivity index (χ1) is 10.4. The van der Waals surface area contributed by atoms with Crippen LogP contribution in [-0.2, 0) is 10.2 Å².